The van der Waals surface area contributed by atoms with E-state index in [1.54, 1.807) is 0 Å². The molecule has 1 aliphatic rings. The van der Waals surface area contributed by atoms with Crippen molar-refractivity contribution in [2.24, 2.45) is 0 Å². The van der Waals surface area contributed by atoms with E-state index in [0.29, 0.717) is 24.3 Å². The van der Waals surface area contributed by atoms with Crippen LogP contribution in [0.2, 0.25) is 0 Å². The van der Waals surface area contributed by atoms with Gasteiger partial charge in [-0.1, -0.05) is 141 Å². The molecule has 0 bridgehead atoms. The van der Waals surface area contributed by atoms with Gasteiger partial charge in [0.05, 0.1) is 0 Å². The van der Waals surface area contributed by atoms with Gasteiger partial charge in [0.2, 0.25) is 0 Å². The lowest BCUT2D eigenvalue weighted by Crippen LogP contribution is -2.16. The Hall–Kier alpha value is -2.36. The van der Waals surface area contributed by atoms with Crippen LogP contribution in [0.1, 0.15) is 166 Å². The molecule has 2 aromatic rings. The van der Waals surface area contributed by atoms with Crippen LogP contribution in [0.5, 0.6) is 11.5 Å². The molecule has 0 aliphatic heterocycles. The van der Waals surface area contributed by atoms with Crippen molar-refractivity contribution in [1.82, 2.24) is 0 Å². The van der Waals surface area contributed by atoms with Gasteiger partial charge in [-0.15, -0.1) is 0 Å². The molecule has 4 heteroatoms. The predicted octanol–water partition coefficient (Wildman–Crippen LogP) is 11.4. The molecule has 0 fully saturated rings. The van der Waals surface area contributed by atoms with Crippen molar-refractivity contribution >= 4 is 22.7 Å². The molecule has 0 N–H and O–H groups in total. The summed E-state index contributed by atoms with van der Waals surface area (Å²) in [5.74, 6) is 1.09. The topological polar surface area (TPSA) is 52.6 Å². The quantitative estimate of drug-likeness (QED) is 0.0792. The number of carbonyl (C=O) groups excluding carboxylic acids is 2. The van der Waals surface area contributed by atoms with E-state index in [1.165, 1.54) is 89.9 Å². The number of ether oxygens (including phenoxy) is 2. The van der Waals surface area contributed by atoms with Crippen molar-refractivity contribution in [2.75, 3.05) is 0 Å². The summed E-state index contributed by atoms with van der Waals surface area (Å²) >= 11 is 0. The molecule has 3 rings (SSSR count). The largest absolute Gasteiger partial charge is 0.426 e. The predicted molar refractivity (Wildman–Crippen MR) is 176 cm³/mol. The highest BCUT2D eigenvalue weighted by Crippen LogP contribution is 2.44. The van der Waals surface area contributed by atoms with Gasteiger partial charge >= 0.3 is 11.9 Å². The summed E-state index contributed by atoms with van der Waals surface area (Å²) < 4.78 is 12.2. The molecule has 0 saturated heterocycles. The molecule has 0 spiro atoms. The van der Waals surface area contributed by atoms with E-state index in [2.05, 4.69) is 13.8 Å². The number of hydrogen-bond donors (Lipinski definition) is 0. The van der Waals surface area contributed by atoms with Crippen molar-refractivity contribution in [2.45, 2.75) is 168 Å². The number of rotatable bonds is 22. The summed E-state index contributed by atoms with van der Waals surface area (Å²) in [6.07, 6.45) is 26.7. The maximum Gasteiger partial charge on any atom is 0.311 e. The molecule has 0 heterocycles. The zero-order valence-corrected chi connectivity index (χ0v) is 26.9. The minimum absolute atomic E-state index is 0.147. The average Bonchev–Trinajstić information content (AvgIpc) is 3.01. The van der Waals surface area contributed by atoms with Crippen molar-refractivity contribution in [3.63, 3.8) is 0 Å². The number of esters is 2. The van der Waals surface area contributed by atoms with Crippen LogP contribution in [0.15, 0.2) is 24.3 Å². The first kappa shape index (κ1) is 34.1. The highest BCUT2D eigenvalue weighted by Gasteiger charge is 2.26. The molecule has 0 atom stereocenters. The van der Waals surface area contributed by atoms with Crippen LogP contribution in [0.3, 0.4) is 0 Å². The second kappa shape index (κ2) is 20.5. The summed E-state index contributed by atoms with van der Waals surface area (Å²) in [7, 11) is 0. The monoisotopic (exact) mass is 578 g/mol. The number of hydrogen-bond acceptors (Lipinski definition) is 4. The minimum atomic E-state index is -0.147. The lowest BCUT2D eigenvalue weighted by atomic mass is 9.87. The van der Waals surface area contributed by atoms with Crippen molar-refractivity contribution in [3.8, 4) is 11.5 Å². The van der Waals surface area contributed by atoms with E-state index in [4.69, 9.17) is 9.47 Å². The van der Waals surface area contributed by atoms with E-state index in [-0.39, 0.29) is 11.9 Å². The summed E-state index contributed by atoms with van der Waals surface area (Å²) in [5, 5.41) is 1.76. The zero-order chi connectivity index (χ0) is 29.8. The van der Waals surface area contributed by atoms with Gasteiger partial charge in [0.15, 0.2) is 0 Å². The molecule has 0 saturated carbocycles. The Morgan fingerprint density at radius 2 is 0.857 bits per heavy atom. The summed E-state index contributed by atoms with van der Waals surface area (Å²) in [5.41, 5.74) is 2.12. The fraction of sp³-hybridized carbons (Fsp3) is 0.684. The van der Waals surface area contributed by atoms with E-state index in [0.717, 1.165) is 73.3 Å². The number of benzene rings is 2. The third kappa shape index (κ3) is 11.7. The standard InChI is InChI=1S/C38H58O4/c1-3-5-7-9-11-13-15-17-19-29-35(39)41-37-31-25-21-23-27-33(31)38(34-28-24-22-26-32(34)37)42-36(40)30-20-18-16-14-12-10-8-6-4-2/h21,23,25,27H,3-20,22,24,26,28-30H2,1-2H3. The molecule has 234 valence electrons. The Balaban J connectivity index is 1.55. The lowest BCUT2D eigenvalue weighted by Gasteiger charge is -2.24. The molecule has 4 nitrogen and oxygen atoms in total. The van der Waals surface area contributed by atoms with Crippen LogP contribution in [0.25, 0.3) is 10.8 Å². The molecule has 1 aliphatic carbocycles. The van der Waals surface area contributed by atoms with Crippen molar-refractivity contribution < 1.29 is 19.1 Å². The zero-order valence-electron chi connectivity index (χ0n) is 26.9. The van der Waals surface area contributed by atoms with Crippen LogP contribution in [-0.2, 0) is 22.4 Å². The lowest BCUT2D eigenvalue weighted by molar-refractivity contribution is -0.135. The molecule has 0 radical (unpaired) electrons. The first-order valence-corrected chi connectivity index (χ1v) is 17.6. The van der Waals surface area contributed by atoms with Crippen LogP contribution in [0.4, 0.5) is 0 Å². The Bertz CT molecular complexity index is 988. The first-order valence-electron chi connectivity index (χ1n) is 17.6. The number of fused-ring (bicyclic) bond motifs is 2. The van der Waals surface area contributed by atoms with E-state index in [1.807, 2.05) is 24.3 Å². The fourth-order valence-electron chi connectivity index (χ4n) is 6.33. The smallest absolute Gasteiger partial charge is 0.311 e. The maximum absolute atomic E-state index is 13.0. The minimum Gasteiger partial charge on any atom is -0.426 e. The van der Waals surface area contributed by atoms with Crippen LogP contribution in [0, 0.1) is 0 Å². The second-order valence-corrected chi connectivity index (χ2v) is 12.5. The molecule has 0 aromatic heterocycles. The normalized spacial score (nSPS) is 12.8. The Morgan fingerprint density at radius 3 is 1.21 bits per heavy atom. The van der Waals surface area contributed by atoms with Gasteiger partial charge in [-0.05, 0) is 38.5 Å². The molecular weight excluding hydrogens is 520 g/mol. The summed E-state index contributed by atoms with van der Waals surface area (Å²) in [6, 6.07) is 7.96. The Kier molecular flexibility index (Phi) is 16.7. The molecule has 2 aromatic carbocycles. The van der Waals surface area contributed by atoms with E-state index >= 15 is 0 Å². The van der Waals surface area contributed by atoms with Crippen LogP contribution >= 0.6 is 0 Å². The SMILES string of the molecule is CCCCCCCCCCCC(=O)Oc1c2c(c(OC(=O)CCCCCCCCCCC)c3ccccc13)CCCC2. The molecule has 42 heavy (non-hydrogen) atoms. The average molecular weight is 579 g/mol. The molecule has 0 amide bonds. The third-order valence-electron chi connectivity index (χ3n) is 8.83. The van der Waals surface area contributed by atoms with Gasteiger partial charge in [0.25, 0.3) is 0 Å². The Labute approximate surface area is 256 Å². The van der Waals surface area contributed by atoms with Gasteiger partial charge in [0, 0.05) is 34.7 Å². The second-order valence-electron chi connectivity index (χ2n) is 12.5. The highest BCUT2D eigenvalue weighted by molar-refractivity contribution is 5.98. The maximum atomic E-state index is 13.0. The Morgan fingerprint density at radius 1 is 0.524 bits per heavy atom. The number of unbranched alkanes of at least 4 members (excludes halogenated alkanes) is 16. The van der Waals surface area contributed by atoms with Gasteiger partial charge < -0.3 is 9.47 Å². The third-order valence-corrected chi connectivity index (χ3v) is 8.83. The number of carbonyl (C=O) groups is 2. The van der Waals surface area contributed by atoms with Gasteiger partial charge in [0.1, 0.15) is 11.5 Å². The van der Waals surface area contributed by atoms with Crippen molar-refractivity contribution in [1.29, 1.82) is 0 Å². The van der Waals surface area contributed by atoms with Gasteiger partial charge in [-0.2, -0.15) is 0 Å². The molecule has 0 unspecified atom stereocenters. The first-order chi connectivity index (χ1) is 20.7. The van der Waals surface area contributed by atoms with Crippen LogP contribution < -0.4 is 9.47 Å². The molecular formula is C38H58O4. The van der Waals surface area contributed by atoms with Crippen LogP contribution in [-0.4, -0.2) is 11.9 Å². The highest BCUT2D eigenvalue weighted by atomic mass is 16.5. The summed E-state index contributed by atoms with van der Waals surface area (Å²) in [4.78, 5) is 25.9. The summed E-state index contributed by atoms with van der Waals surface area (Å²) in [6.45, 7) is 4.50. The van der Waals surface area contributed by atoms with Gasteiger partial charge in [-0.25, -0.2) is 0 Å². The fourth-order valence-corrected chi connectivity index (χ4v) is 6.33. The van der Waals surface area contributed by atoms with Crippen molar-refractivity contribution in [3.05, 3.63) is 35.4 Å². The van der Waals surface area contributed by atoms with E-state index < -0.39 is 0 Å². The van der Waals surface area contributed by atoms with Gasteiger partial charge in [-0.3, -0.25) is 9.59 Å². The van der Waals surface area contributed by atoms with E-state index in [9.17, 15) is 9.59 Å².